The molecule has 5 heteroatoms. The van der Waals surface area contributed by atoms with E-state index in [9.17, 15) is 8.42 Å². The number of hydrogen-bond acceptors (Lipinski definition) is 3. The fourth-order valence-corrected chi connectivity index (χ4v) is 3.91. The summed E-state index contributed by atoms with van der Waals surface area (Å²) in [5.41, 5.74) is 6.87. The van der Waals surface area contributed by atoms with Crippen LogP contribution in [-0.2, 0) is 10.0 Å². The molecule has 0 saturated heterocycles. The molecule has 0 aliphatic rings. The Morgan fingerprint density at radius 1 is 1.26 bits per heavy atom. The average molecular weight is 284 g/mol. The summed E-state index contributed by atoms with van der Waals surface area (Å²) in [4.78, 5) is 0.269. The molecule has 108 valence electrons. The number of hydrogen-bond donors (Lipinski definition) is 2. The molecular weight excluding hydrogens is 260 g/mol. The van der Waals surface area contributed by atoms with Gasteiger partial charge in [-0.1, -0.05) is 32.8 Å². The number of nitrogens with one attached hydrogen (secondary N) is 1. The van der Waals surface area contributed by atoms with Crippen LogP contribution in [-0.4, -0.2) is 14.5 Å². The largest absolute Gasteiger partial charge is 0.398 e. The van der Waals surface area contributed by atoms with Crippen molar-refractivity contribution in [2.24, 2.45) is 5.92 Å². The normalized spacial score (nSPS) is 13.7. The van der Waals surface area contributed by atoms with Gasteiger partial charge in [-0.25, -0.2) is 13.1 Å². The van der Waals surface area contributed by atoms with E-state index >= 15 is 0 Å². The van der Waals surface area contributed by atoms with E-state index in [1.165, 1.54) is 0 Å². The topological polar surface area (TPSA) is 72.2 Å². The van der Waals surface area contributed by atoms with Gasteiger partial charge in [0, 0.05) is 11.7 Å². The monoisotopic (exact) mass is 284 g/mol. The molecule has 0 aromatic heterocycles. The fourth-order valence-electron chi connectivity index (χ4n) is 2.32. The lowest BCUT2D eigenvalue weighted by atomic mass is 9.96. The van der Waals surface area contributed by atoms with Gasteiger partial charge in [0.15, 0.2) is 0 Å². The maximum Gasteiger partial charge on any atom is 0.241 e. The molecule has 0 saturated carbocycles. The molecule has 0 spiro atoms. The molecule has 19 heavy (non-hydrogen) atoms. The first-order valence-electron chi connectivity index (χ1n) is 6.70. The minimum atomic E-state index is -3.51. The summed E-state index contributed by atoms with van der Waals surface area (Å²) in [6, 6.07) is 4.88. The number of nitrogen functional groups attached to an aromatic ring is 1. The molecule has 1 aromatic carbocycles. The van der Waals surface area contributed by atoms with Crippen molar-refractivity contribution in [1.82, 2.24) is 4.72 Å². The van der Waals surface area contributed by atoms with Crippen molar-refractivity contribution in [2.75, 3.05) is 5.73 Å². The molecule has 0 aliphatic carbocycles. The van der Waals surface area contributed by atoms with E-state index in [0.717, 1.165) is 12.8 Å². The van der Waals surface area contributed by atoms with Crippen molar-refractivity contribution >= 4 is 15.7 Å². The van der Waals surface area contributed by atoms with Gasteiger partial charge >= 0.3 is 0 Å². The first-order valence-corrected chi connectivity index (χ1v) is 8.19. The first-order chi connectivity index (χ1) is 8.83. The molecule has 1 rings (SSSR count). The maximum atomic E-state index is 12.4. The number of sulfonamides is 1. The van der Waals surface area contributed by atoms with Gasteiger partial charge < -0.3 is 5.73 Å². The molecule has 0 aliphatic heterocycles. The van der Waals surface area contributed by atoms with E-state index in [2.05, 4.69) is 18.6 Å². The lowest BCUT2D eigenvalue weighted by Crippen LogP contribution is -2.38. The lowest BCUT2D eigenvalue weighted by Gasteiger charge is -2.23. The molecule has 0 radical (unpaired) electrons. The summed E-state index contributed by atoms with van der Waals surface area (Å²) in [5, 5.41) is 0. The highest BCUT2D eigenvalue weighted by atomic mass is 32.2. The van der Waals surface area contributed by atoms with Crippen molar-refractivity contribution in [2.45, 2.75) is 51.5 Å². The van der Waals surface area contributed by atoms with Crippen LogP contribution in [0.1, 0.15) is 39.2 Å². The average Bonchev–Trinajstić information content (AvgIpc) is 2.33. The van der Waals surface area contributed by atoms with Crippen molar-refractivity contribution in [3.05, 3.63) is 23.8 Å². The van der Waals surface area contributed by atoms with Gasteiger partial charge in [0.2, 0.25) is 10.0 Å². The Hall–Kier alpha value is -1.07. The summed E-state index contributed by atoms with van der Waals surface area (Å²) in [6.45, 7) is 7.79. The SMILES string of the molecule is CCC(CC)C(C)NS(=O)(=O)c1cccc(N)c1C. The third-order valence-electron chi connectivity index (χ3n) is 3.71. The molecule has 0 heterocycles. The number of anilines is 1. The minimum Gasteiger partial charge on any atom is -0.398 e. The summed E-state index contributed by atoms with van der Waals surface area (Å²) < 4.78 is 27.5. The van der Waals surface area contributed by atoms with Gasteiger partial charge in [-0.15, -0.1) is 0 Å². The predicted molar refractivity (Wildman–Crippen MR) is 79.4 cm³/mol. The third kappa shape index (κ3) is 3.70. The molecule has 1 aromatic rings. The van der Waals surface area contributed by atoms with Gasteiger partial charge in [0.25, 0.3) is 0 Å². The highest BCUT2D eigenvalue weighted by Crippen LogP contribution is 2.22. The van der Waals surface area contributed by atoms with E-state index in [1.807, 2.05) is 6.92 Å². The molecule has 0 bridgehead atoms. The van der Waals surface area contributed by atoms with Crippen LogP contribution >= 0.6 is 0 Å². The van der Waals surface area contributed by atoms with E-state index in [4.69, 9.17) is 5.73 Å². The van der Waals surface area contributed by atoms with Crippen molar-refractivity contribution < 1.29 is 8.42 Å². The highest BCUT2D eigenvalue weighted by molar-refractivity contribution is 7.89. The van der Waals surface area contributed by atoms with Crippen LogP contribution in [0, 0.1) is 12.8 Å². The quantitative estimate of drug-likeness (QED) is 0.789. The Labute approximate surface area is 116 Å². The van der Waals surface area contributed by atoms with Crippen LogP contribution in [0.5, 0.6) is 0 Å². The Bertz CT molecular complexity index is 522. The Morgan fingerprint density at radius 3 is 2.37 bits per heavy atom. The second-order valence-corrected chi connectivity index (χ2v) is 6.64. The van der Waals surface area contributed by atoms with Gasteiger partial charge in [0.1, 0.15) is 0 Å². The molecule has 0 fully saturated rings. The van der Waals surface area contributed by atoms with Crippen LogP contribution in [0.25, 0.3) is 0 Å². The van der Waals surface area contributed by atoms with Gasteiger partial charge in [-0.3, -0.25) is 0 Å². The number of rotatable bonds is 6. The summed E-state index contributed by atoms with van der Waals surface area (Å²) in [7, 11) is -3.51. The second kappa shape index (κ2) is 6.39. The van der Waals surface area contributed by atoms with Gasteiger partial charge in [-0.2, -0.15) is 0 Å². The van der Waals surface area contributed by atoms with Crippen LogP contribution in [0.15, 0.2) is 23.1 Å². The maximum absolute atomic E-state index is 12.4. The Balaban J connectivity index is 3.02. The zero-order valence-corrected chi connectivity index (χ0v) is 12.9. The fraction of sp³-hybridized carbons (Fsp3) is 0.571. The third-order valence-corrected chi connectivity index (χ3v) is 5.42. The zero-order valence-electron chi connectivity index (χ0n) is 12.1. The summed E-state index contributed by atoms with van der Waals surface area (Å²) in [6.07, 6.45) is 1.91. The van der Waals surface area contributed by atoms with Crippen molar-refractivity contribution in [3.8, 4) is 0 Å². The molecule has 0 amide bonds. The number of benzene rings is 1. The number of nitrogens with two attached hydrogens (primary N) is 1. The highest BCUT2D eigenvalue weighted by Gasteiger charge is 2.23. The summed E-state index contributed by atoms with van der Waals surface area (Å²) in [5.74, 6) is 0.344. The second-order valence-electron chi connectivity index (χ2n) is 4.96. The molecule has 1 atom stereocenters. The van der Waals surface area contributed by atoms with E-state index in [1.54, 1.807) is 25.1 Å². The minimum absolute atomic E-state index is 0.0826. The van der Waals surface area contributed by atoms with Crippen LogP contribution in [0.4, 0.5) is 5.69 Å². The van der Waals surface area contributed by atoms with Crippen LogP contribution in [0.2, 0.25) is 0 Å². The van der Waals surface area contributed by atoms with Gasteiger partial charge in [-0.05, 0) is 37.5 Å². The Kier molecular flexibility index (Phi) is 5.38. The van der Waals surface area contributed by atoms with E-state index in [0.29, 0.717) is 17.2 Å². The molecule has 4 nitrogen and oxygen atoms in total. The standard InChI is InChI=1S/C14H24N2O2S/c1-5-12(6-2)11(4)16-19(17,18)14-9-7-8-13(15)10(14)3/h7-9,11-12,16H,5-6,15H2,1-4H3. The first kappa shape index (κ1) is 16.0. The molecular formula is C14H24N2O2S. The van der Waals surface area contributed by atoms with Gasteiger partial charge in [0.05, 0.1) is 4.90 Å². The predicted octanol–water partition coefficient (Wildman–Crippen LogP) is 2.68. The Morgan fingerprint density at radius 2 is 1.84 bits per heavy atom. The van der Waals surface area contributed by atoms with E-state index in [-0.39, 0.29) is 10.9 Å². The molecule has 3 N–H and O–H groups in total. The van der Waals surface area contributed by atoms with Crippen molar-refractivity contribution in [1.29, 1.82) is 0 Å². The van der Waals surface area contributed by atoms with Crippen LogP contribution in [0.3, 0.4) is 0 Å². The summed E-state index contributed by atoms with van der Waals surface area (Å²) >= 11 is 0. The van der Waals surface area contributed by atoms with E-state index < -0.39 is 10.0 Å². The molecule has 1 unspecified atom stereocenters. The lowest BCUT2D eigenvalue weighted by molar-refractivity contribution is 0.390. The zero-order chi connectivity index (χ0) is 14.6. The van der Waals surface area contributed by atoms with Crippen LogP contribution < -0.4 is 10.5 Å². The smallest absolute Gasteiger partial charge is 0.241 e. The van der Waals surface area contributed by atoms with Crippen molar-refractivity contribution in [3.63, 3.8) is 0 Å².